The summed E-state index contributed by atoms with van der Waals surface area (Å²) >= 11 is 0. The van der Waals surface area contributed by atoms with E-state index in [1.807, 2.05) is 61.5 Å². The van der Waals surface area contributed by atoms with Gasteiger partial charge in [-0.1, -0.05) is 51.1 Å². The zero-order chi connectivity index (χ0) is 20.3. The van der Waals surface area contributed by atoms with Gasteiger partial charge in [0.1, 0.15) is 0 Å². The molecule has 3 rings (SSSR count). The third kappa shape index (κ3) is 4.19. The van der Waals surface area contributed by atoms with Crippen LogP contribution >= 0.6 is 0 Å². The van der Waals surface area contributed by atoms with Crippen LogP contribution in [0, 0.1) is 6.92 Å². The molecule has 144 valence electrons. The molecule has 0 bridgehead atoms. The lowest BCUT2D eigenvalue weighted by molar-refractivity contribution is 0.590. The molecule has 5 heteroatoms. The predicted octanol–water partition coefficient (Wildman–Crippen LogP) is 5.92. The number of aryl methyl sites for hydroxylation is 1. The highest BCUT2D eigenvalue weighted by Crippen LogP contribution is 2.24. The smallest absolute Gasteiger partial charge is 0.293 e. The number of H-pyrrole nitrogens is 1. The SMILES string of the molecule is C=CCc1ccc(N=Nc2c(C)[nH]n(-c3ccc(C(C)(C)C)cc3)c2=O)cc1. The van der Waals surface area contributed by atoms with Crippen molar-refractivity contribution in [3.8, 4) is 5.69 Å². The Balaban J connectivity index is 1.87. The molecule has 1 N–H and O–H groups in total. The Morgan fingerprint density at radius 2 is 1.68 bits per heavy atom. The summed E-state index contributed by atoms with van der Waals surface area (Å²) in [5.41, 5.74) is 4.70. The van der Waals surface area contributed by atoms with Gasteiger partial charge in [-0.05, 0) is 54.2 Å². The molecule has 1 heterocycles. The third-order valence-electron chi connectivity index (χ3n) is 4.61. The van der Waals surface area contributed by atoms with Gasteiger partial charge in [0.05, 0.1) is 17.1 Å². The summed E-state index contributed by atoms with van der Waals surface area (Å²) in [6, 6.07) is 15.7. The van der Waals surface area contributed by atoms with Crippen LogP contribution < -0.4 is 5.56 Å². The molecule has 0 radical (unpaired) electrons. The maximum Gasteiger partial charge on any atom is 0.299 e. The third-order valence-corrected chi connectivity index (χ3v) is 4.61. The lowest BCUT2D eigenvalue weighted by atomic mass is 9.87. The fraction of sp³-hybridized carbons (Fsp3) is 0.261. The van der Waals surface area contributed by atoms with Crippen LogP contribution in [0.15, 0.2) is 76.2 Å². The summed E-state index contributed by atoms with van der Waals surface area (Å²) in [4.78, 5) is 12.8. The summed E-state index contributed by atoms with van der Waals surface area (Å²) < 4.78 is 1.50. The molecular formula is C23H26N4O. The quantitative estimate of drug-likeness (QED) is 0.437. The number of nitrogens with one attached hydrogen (secondary N) is 1. The second-order valence-electron chi connectivity index (χ2n) is 7.88. The van der Waals surface area contributed by atoms with Gasteiger partial charge in [-0.25, -0.2) is 4.68 Å². The van der Waals surface area contributed by atoms with E-state index in [0.717, 1.165) is 17.7 Å². The fourth-order valence-corrected chi connectivity index (χ4v) is 2.92. The average Bonchev–Trinajstić information content (AvgIpc) is 2.95. The number of allylic oxidation sites excluding steroid dienone is 1. The summed E-state index contributed by atoms with van der Waals surface area (Å²) in [6.07, 6.45) is 2.67. The Bertz CT molecular complexity index is 1050. The lowest BCUT2D eigenvalue weighted by Gasteiger charge is -2.19. The summed E-state index contributed by atoms with van der Waals surface area (Å²) in [6.45, 7) is 12.0. The van der Waals surface area contributed by atoms with Crippen molar-refractivity contribution in [3.63, 3.8) is 0 Å². The molecule has 0 amide bonds. The number of hydrogen-bond donors (Lipinski definition) is 1. The topological polar surface area (TPSA) is 62.5 Å². The predicted molar refractivity (Wildman–Crippen MR) is 114 cm³/mol. The summed E-state index contributed by atoms with van der Waals surface area (Å²) in [5, 5.41) is 11.5. The monoisotopic (exact) mass is 374 g/mol. The molecule has 28 heavy (non-hydrogen) atoms. The summed E-state index contributed by atoms with van der Waals surface area (Å²) in [5.74, 6) is 0. The van der Waals surface area contributed by atoms with E-state index in [1.54, 1.807) is 0 Å². The molecular weight excluding hydrogens is 348 g/mol. The first-order chi connectivity index (χ1) is 13.3. The minimum Gasteiger partial charge on any atom is -0.293 e. The first-order valence-corrected chi connectivity index (χ1v) is 9.33. The van der Waals surface area contributed by atoms with Crippen LogP contribution in [0.4, 0.5) is 11.4 Å². The molecule has 0 aliphatic carbocycles. The van der Waals surface area contributed by atoms with E-state index in [-0.39, 0.29) is 11.0 Å². The molecule has 0 atom stereocenters. The molecule has 3 aromatic rings. The van der Waals surface area contributed by atoms with Gasteiger partial charge < -0.3 is 0 Å². The van der Waals surface area contributed by atoms with Crippen LogP contribution in [-0.2, 0) is 11.8 Å². The fourth-order valence-electron chi connectivity index (χ4n) is 2.92. The van der Waals surface area contributed by atoms with Gasteiger partial charge in [-0.15, -0.1) is 11.7 Å². The molecule has 0 spiro atoms. The van der Waals surface area contributed by atoms with E-state index in [1.165, 1.54) is 10.2 Å². The van der Waals surface area contributed by atoms with Gasteiger partial charge in [-0.3, -0.25) is 9.89 Å². The Morgan fingerprint density at radius 1 is 1.04 bits per heavy atom. The molecule has 0 fully saturated rings. The van der Waals surface area contributed by atoms with Gasteiger partial charge >= 0.3 is 0 Å². The number of azo groups is 1. The highest BCUT2D eigenvalue weighted by Gasteiger charge is 2.15. The van der Waals surface area contributed by atoms with Crippen LogP contribution in [-0.4, -0.2) is 9.78 Å². The van der Waals surface area contributed by atoms with Gasteiger partial charge in [0.2, 0.25) is 0 Å². The molecule has 0 aliphatic rings. The van der Waals surface area contributed by atoms with Crippen LogP contribution in [0.1, 0.15) is 37.6 Å². The first kappa shape index (κ1) is 19.5. The Kier molecular flexibility index (Phi) is 5.45. The average molecular weight is 374 g/mol. The number of nitrogens with zero attached hydrogens (tertiary/aromatic N) is 3. The standard InChI is InChI=1S/C23H26N4O/c1-6-7-17-8-12-19(13-9-17)24-25-21-16(2)26-27(22(21)28)20-14-10-18(11-15-20)23(3,4)5/h6,8-15,26H,1,7H2,2-5H3. The van der Waals surface area contributed by atoms with Crippen molar-refractivity contribution < 1.29 is 0 Å². The van der Waals surface area contributed by atoms with Gasteiger partial charge in [-0.2, -0.15) is 5.11 Å². The maximum atomic E-state index is 12.8. The van der Waals surface area contributed by atoms with Crippen LogP contribution in [0.3, 0.4) is 0 Å². The number of rotatable bonds is 5. The lowest BCUT2D eigenvalue weighted by Crippen LogP contribution is -2.15. The van der Waals surface area contributed by atoms with Crippen molar-refractivity contribution >= 4 is 11.4 Å². The number of aromatic amines is 1. The molecule has 1 aromatic heterocycles. The van der Waals surface area contributed by atoms with Gasteiger partial charge in [0.15, 0.2) is 5.69 Å². The van der Waals surface area contributed by atoms with Crippen molar-refractivity contribution in [2.24, 2.45) is 10.2 Å². The Labute approximate surface area is 165 Å². The molecule has 2 aromatic carbocycles. The molecule has 0 aliphatic heterocycles. The Morgan fingerprint density at radius 3 is 2.25 bits per heavy atom. The Hall–Kier alpha value is -3.21. The molecule has 0 saturated carbocycles. The first-order valence-electron chi connectivity index (χ1n) is 9.33. The van der Waals surface area contributed by atoms with Crippen LogP contribution in [0.25, 0.3) is 5.69 Å². The molecule has 0 unspecified atom stereocenters. The van der Waals surface area contributed by atoms with Crippen molar-refractivity contribution in [2.75, 3.05) is 0 Å². The highest BCUT2D eigenvalue weighted by atomic mass is 16.1. The number of aromatic nitrogens is 2. The number of hydrogen-bond acceptors (Lipinski definition) is 3. The van der Waals surface area contributed by atoms with Crippen molar-refractivity contribution in [1.29, 1.82) is 0 Å². The second-order valence-corrected chi connectivity index (χ2v) is 7.88. The highest BCUT2D eigenvalue weighted by molar-refractivity contribution is 5.45. The normalized spacial score (nSPS) is 11.9. The van der Waals surface area contributed by atoms with Crippen molar-refractivity contribution in [1.82, 2.24) is 9.78 Å². The van der Waals surface area contributed by atoms with E-state index in [0.29, 0.717) is 17.1 Å². The van der Waals surface area contributed by atoms with Crippen molar-refractivity contribution in [2.45, 2.75) is 39.5 Å². The maximum absolute atomic E-state index is 12.8. The second kappa shape index (κ2) is 7.80. The molecule has 0 saturated heterocycles. The van der Waals surface area contributed by atoms with Gasteiger partial charge in [0.25, 0.3) is 5.56 Å². The summed E-state index contributed by atoms with van der Waals surface area (Å²) in [7, 11) is 0. The number of benzene rings is 2. The van der Waals surface area contributed by atoms with Crippen molar-refractivity contribution in [3.05, 3.63) is 88.4 Å². The van der Waals surface area contributed by atoms with E-state index in [9.17, 15) is 4.79 Å². The van der Waals surface area contributed by atoms with E-state index < -0.39 is 0 Å². The van der Waals surface area contributed by atoms with E-state index >= 15 is 0 Å². The van der Waals surface area contributed by atoms with E-state index in [4.69, 9.17) is 0 Å². The zero-order valence-corrected chi connectivity index (χ0v) is 16.9. The molecule has 5 nitrogen and oxygen atoms in total. The van der Waals surface area contributed by atoms with Crippen LogP contribution in [0.2, 0.25) is 0 Å². The minimum absolute atomic E-state index is 0.0652. The zero-order valence-electron chi connectivity index (χ0n) is 16.9. The van der Waals surface area contributed by atoms with Crippen LogP contribution in [0.5, 0.6) is 0 Å². The van der Waals surface area contributed by atoms with Gasteiger partial charge in [0, 0.05) is 0 Å². The minimum atomic E-state index is -0.215. The largest absolute Gasteiger partial charge is 0.299 e. The van der Waals surface area contributed by atoms with E-state index in [2.05, 4.69) is 42.7 Å².